The molecule has 10 heteroatoms. The summed E-state index contributed by atoms with van der Waals surface area (Å²) in [7, 11) is 3.10. The van der Waals surface area contributed by atoms with Gasteiger partial charge in [0, 0.05) is 25.6 Å². The molecule has 0 radical (unpaired) electrons. The van der Waals surface area contributed by atoms with E-state index >= 15 is 0 Å². The van der Waals surface area contributed by atoms with Gasteiger partial charge >= 0.3 is 11.7 Å². The van der Waals surface area contributed by atoms with Crippen LogP contribution in [0.3, 0.4) is 0 Å². The van der Waals surface area contributed by atoms with Crippen LogP contribution in [0, 0.1) is 0 Å². The molecule has 9 nitrogen and oxygen atoms in total. The summed E-state index contributed by atoms with van der Waals surface area (Å²) in [5.74, 6) is 0.323. The average molecular weight is 477 g/mol. The molecule has 0 amide bonds. The van der Waals surface area contributed by atoms with Crippen molar-refractivity contribution in [3.05, 3.63) is 49.7 Å². The molecule has 0 unspecified atom stereocenters. The zero-order chi connectivity index (χ0) is 21.8. The molecule has 158 valence electrons. The molecule has 0 aliphatic rings. The second-order valence-electron chi connectivity index (χ2n) is 6.47. The molecule has 0 saturated carbocycles. The van der Waals surface area contributed by atoms with Crippen LogP contribution in [0.15, 0.2) is 38.5 Å². The fourth-order valence-electron chi connectivity index (χ4n) is 3.01. The summed E-state index contributed by atoms with van der Waals surface area (Å²) < 4.78 is 12.8. The first-order chi connectivity index (χ1) is 14.4. The Bertz CT molecular complexity index is 1200. The number of rotatable bonds is 7. The lowest BCUT2D eigenvalue weighted by Gasteiger charge is -2.12. The van der Waals surface area contributed by atoms with E-state index in [0.717, 1.165) is 10.1 Å². The van der Waals surface area contributed by atoms with E-state index < -0.39 is 11.2 Å². The maximum Gasteiger partial charge on any atom is 0.332 e. The minimum Gasteiger partial charge on any atom is -0.497 e. The van der Waals surface area contributed by atoms with Gasteiger partial charge in [-0.1, -0.05) is 0 Å². The Morgan fingerprint density at radius 2 is 1.87 bits per heavy atom. The van der Waals surface area contributed by atoms with Crippen LogP contribution in [0.2, 0.25) is 0 Å². The smallest absolute Gasteiger partial charge is 0.332 e. The van der Waals surface area contributed by atoms with Gasteiger partial charge in [-0.25, -0.2) is 14.8 Å². The van der Waals surface area contributed by atoms with Gasteiger partial charge in [0.15, 0.2) is 11.2 Å². The van der Waals surface area contributed by atoms with Gasteiger partial charge in [-0.05, 0) is 53.5 Å². The number of carbonyl (C=O) groups excluding carboxylic acids is 1. The first kappa shape index (κ1) is 21.7. The molecule has 0 bridgehead atoms. The summed E-state index contributed by atoms with van der Waals surface area (Å²) in [6.07, 6.45) is 0.416. The predicted molar refractivity (Wildman–Crippen MR) is 115 cm³/mol. The Balaban J connectivity index is 2.05. The number of ether oxygens (including phenoxy) is 2. The van der Waals surface area contributed by atoms with Crippen LogP contribution in [-0.2, 0) is 23.1 Å². The lowest BCUT2D eigenvalue weighted by molar-refractivity contribution is -0.143. The van der Waals surface area contributed by atoms with Crippen molar-refractivity contribution in [2.75, 3.05) is 13.7 Å². The van der Waals surface area contributed by atoms with Gasteiger partial charge in [-0.15, -0.1) is 0 Å². The minimum atomic E-state index is -0.549. The number of carbonyl (C=O) groups is 1. The molecule has 0 N–H and O–H groups in total. The van der Waals surface area contributed by atoms with Crippen LogP contribution in [-0.4, -0.2) is 38.8 Å². The van der Waals surface area contributed by atoms with E-state index in [0.29, 0.717) is 22.5 Å². The van der Waals surface area contributed by atoms with Gasteiger partial charge in [0.25, 0.3) is 5.56 Å². The van der Waals surface area contributed by atoms with E-state index in [1.54, 1.807) is 38.3 Å². The highest BCUT2D eigenvalue weighted by Gasteiger charge is 2.17. The van der Waals surface area contributed by atoms with Crippen LogP contribution >= 0.6 is 15.9 Å². The number of esters is 1. The molecule has 3 rings (SSSR count). The number of methoxy groups -OCH3 is 1. The summed E-state index contributed by atoms with van der Waals surface area (Å²) >= 11 is 3.38. The summed E-state index contributed by atoms with van der Waals surface area (Å²) in [6, 6.07) is 7.17. The lowest BCUT2D eigenvalue weighted by Crippen LogP contribution is -2.40. The SMILES string of the molecule is CCOC(=O)CCCn1c(=O)c2nc(-c3ccc(OC)cc3)c(Br)nc2n(C)c1=O. The maximum atomic E-state index is 13.0. The fourth-order valence-corrected chi connectivity index (χ4v) is 3.50. The number of aromatic nitrogens is 4. The second-order valence-corrected chi connectivity index (χ2v) is 7.22. The molecule has 0 aliphatic carbocycles. The van der Waals surface area contributed by atoms with E-state index in [1.807, 2.05) is 0 Å². The fraction of sp³-hybridized carbons (Fsp3) is 0.350. The molecular formula is C20H21BrN4O5. The lowest BCUT2D eigenvalue weighted by atomic mass is 10.1. The van der Waals surface area contributed by atoms with Crippen molar-refractivity contribution in [2.45, 2.75) is 26.3 Å². The molecule has 3 aromatic rings. The van der Waals surface area contributed by atoms with Crippen LogP contribution in [0.4, 0.5) is 0 Å². The van der Waals surface area contributed by atoms with Gasteiger partial charge in [0.1, 0.15) is 16.0 Å². The van der Waals surface area contributed by atoms with Gasteiger partial charge < -0.3 is 9.47 Å². The minimum absolute atomic E-state index is 0.0715. The summed E-state index contributed by atoms with van der Waals surface area (Å²) in [5.41, 5.74) is 0.387. The molecule has 1 aromatic carbocycles. The predicted octanol–water partition coefficient (Wildman–Crippen LogP) is 2.27. The number of fused-ring (bicyclic) bond motifs is 1. The number of hydrogen-bond acceptors (Lipinski definition) is 7. The largest absolute Gasteiger partial charge is 0.497 e. The van der Waals surface area contributed by atoms with Gasteiger partial charge in [0.05, 0.1) is 13.7 Å². The first-order valence-electron chi connectivity index (χ1n) is 9.34. The molecule has 2 aromatic heterocycles. The van der Waals surface area contributed by atoms with E-state index in [2.05, 4.69) is 25.9 Å². The van der Waals surface area contributed by atoms with E-state index in [1.165, 1.54) is 11.6 Å². The topological polar surface area (TPSA) is 105 Å². The van der Waals surface area contributed by atoms with Gasteiger partial charge in [0.2, 0.25) is 0 Å². The molecule has 2 heterocycles. The third-order valence-corrected chi connectivity index (χ3v) is 5.10. The molecule has 0 aliphatic heterocycles. The maximum absolute atomic E-state index is 13.0. The molecule has 30 heavy (non-hydrogen) atoms. The number of halogens is 1. The normalized spacial score (nSPS) is 10.9. The number of aryl methyl sites for hydroxylation is 1. The molecule has 0 fully saturated rings. The van der Waals surface area contributed by atoms with Gasteiger partial charge in [-0.2, -0.15) is 0 Å². The molecular weight excluding hydrogens is 456 g/mol. The molecule has 0 atom stereocenters. The van der Waals surface area contributed by atoms with Crippen molar-refractivity contribution in [3.63, 3.8) is 0 Å². The number of benzene rings is 1. The van der Waals surface area contributed by atoms with Crippen molar-refractivity contribution in [1.82, 2.24) is 19.1 Å². The van der Waals surface area contributed by atoms with E-state index in [4.69, 9.17) is 9.47 Å². The number of nitrogens with zero attached hydrogens (tertiary/aromatic N) is 4. The third kappa shape index (κ3) is 4.28. The van der Waals surface area contributed by atoms with E-state index in [-0.39, 0.29) is 36.7 Å². The van der Waals surface area contributed by atoms with E-state index in [9.17, 15) is 14.4 Å². The zero-order valence-corrected chi connectivity index (χ0v) is 18.4. The summed E-state index contributed by atoms with van der Waals surface area (Å²) in [5, 5.41) is 0. The zero-order valence-electron chi connectivity index (χ0n) is 16.8. The van der Waals surface area contributed by atoms with Crippen molar-refractivity contribution < 1.29 is 14.3 Å². The number of hydrogen-bond donors (Lipinski definition) is 0. The van der Waals surface area contributed by atoms with Crippen LogP contribution in [0.1, 0.15) is 19.8 Å². The Kier molecular flexibility index (Phi) is 6.66. The van der Waals surface area contributed by atoms with Gasteiger partial charge in [-0.3, -0.25) is 18.7 Å². The monoisotopic (exact) mass is 476 g/mol. The standard InChI is InChI=1S/C20H21BrN4O5/c1-4-30-14(26)6-5-11-25-19(27)16-18(24(2)20(25)28)23-17(21)15(22-16)12-7-9-13(29-3)10-8-12/h7-10H,4-6,11H2,1-3H3. The quantitative estimate of drug-likeness (QED) is 0.481. The highest BCUT2D eigenvalue weighted by molar-refractivity contribution is 9.10. The van der Waals surface area contributed by atoms with Crippen LogP contribution in [0.25, 0.3) is 22.4 Å². The summed E-state index contributed by atoms with van der Waals surface area (Å²) in [6.45, 7) is 2.09. The van der Waals surface area contributed by atoms with Crippen molar-refractivity contribution >= 4 is 33.1 Å². The molecule has 0 spiro atoms. The Hall–Kier alpha value is -3.01. The van der Waals surface area contributed by atoms with Crippen LogP contribution < -0.4 is 16.0 Å². The summed E-state index contributed by atoms with van der Waals surface area (Å²) in [4.78, 5) is 46.1. The Morgan fingerprint density at radius 3 is 2.50 bits per heavy atom. The van der Waals surface area contributed by atoms with Crippen molar-refractivity contribution in [3.8, 4) is 17.0 Å². The molecule has 0 saturated heterocycles. The highest BCUT2D eigenvalue weighted by atomic mass is 79.9. The van der Waals surface area contributed by atoms with Crippen molar-refractivity contribution in [1.29, 1.82) is 0 Å². The first-order valence-corrected chi connectivity index (χ1v) is 10.1. The highest BCUT2D eigenvalue weighted by Crippen LogP contribution is 2.27. The van der Waals surface area contributed by atoms with Crippen molar-refractivity contribution in [2.24, 2.45) is 7.05 Å². The van der Waals surface area contributed by atoms with Crippen LogP contribution in [0.5, 0.6) is 5.75 Å². The second kappa shape index (κ2) is 9.21. The third-order valence-electron chi connectivity index (χ3n) is 4.55. The average Bonchev–Trinajstić information content (AvgIpc) is 2.74. The Morgan fingerprint density at radius 1 is 1.17 bits per heavy atom. The Labute approximate surface area is 180 Å².